The lowest BCUT2D eigenvalue weighted by Crippen LogP contribution is -2.14. The third kappa shape index (κ3) is 4.70. The highest BCUT2D eigenvalue weighted by molar-refractivity contribution is 14.1. The molecule has 0 aliphatic rings. The van der Waals surface area contributed by atoms with Crippen LogP contribution in [0.15, 0.2) is 77.3 Å². The molecule has 3 aromatic rings. The van der Waals surface area contributed by atoms with Crippen molar-refractivity contribution < 1.29 is 9.59 Å². The number of hydrogen-bond acceptors (Lipinski definition) is 2. The Morgan fingerprint density at radius 1 is 0.731 bits per heavy atom. The number of amides is 2. The normalized spacial score (nSPS) is 10.2. The van der Waals surface area contributed by atoms with Crippen LogP contribution in [0.25, 0.3) is 0 Å². The van der Waals surface area contributed by atoms with Gasteiger partial charge in [-0.25, -0.2) is 0 Å². The number of anilines is 2. The molecule has 0 bridgehead atoms. The summed E-state index contributed by atoms with van der Waals surface area (Å²) in [5.41, 5.74) is 2.52. The van der Waals surface area contributed by atoms with E-state index in [-0.39, 0.29) is 11.8 Å². The van der Waals surface area contributed by atoms with Crippen molar-refractivity contribution in [3.05, 3.63) is 92.0 Å². The first-order valence-electron chi connectivity index (χ1n) is 7.76. The summed E-state index contributed by atoms with van der Waals surface area (Å²) in [6.07, 6.45) is 0. The van der Waals surface area contributed by atoms with Crippen molar-refractivity contribution in [2.75, 3.05) is 10.6 Å². The van der Waals surface area contributed by atoms with Gasteiger partial charge in [-0.15, -0.1) is 0 Å². The topological polar surface area (TPSA) is 58.2 Å². The summed E-state index contributed by atoms with van der Waals surface area (Å²) in [5, 5.41) is 5.69. The fourth-order valence-electron chi connectivity index (χ4n) is 2.29. The van der Waals surface area contributed by atoms with Crippen LogP contribution in [-0.4, -0.2) is 11.8 Å². The van der Waals surface area contributed by atoms with E-state index in [4.69, 9.17) is 0 Å². The van der Waals surface area contributed by atoms with Gasteiger partial charge in [0.2, 0.25) is 0 Å². The molecular formula is C20H14BrIN2O2. The first kappa shape index (κ1) is 18.6. The average Bonchev–Trinajstić information content (AvgIpc) is 2.64. The van der Waals surface area contributed by atoms with Crippen molar-refractivity contribution in [3.8, 4) is 0 Å². The summed E-state index contributed by atoms with van der Waals surface area (Å²) in [5.74, 6) is -0.352. The quantitative estimate of drug-likeness (QED) is 0.442. The summed E-state index contributed by atoms with van der Waals surface area (Å²) in [4.78, 5) is 24.5. The van der Waals surface area contributed by atoms with E-state index in [1.165, 1.54) is 0 Å². The molecule has 0 aliphatic carbocycles. The number of hydrogen-bond donors (Lipinski definition) is 2. The lowest BCUT2D eigenvalue weighted by molar-refractivity contribution is 0.101. The third-order valence-electron chi connectivity index (χ3n) is 3.63. The molecule has 0 saturated carbocycles. The van der Waals surface area contributed by atoms with Crippen LogP contribution in [0, 0.1) is 3.57 Å². The van der Waals surface area contributed by atoms with Gasteiger partial charge in [0, 0.05) is 25.0 Å². The Balaban J connectivity index is 1.65. The largest absolute Gasteiger partial charge is 0.322 e. The number of rotatable bonds is 4. The monoisotopic (exact) mass is 520 g/mol. The van der Waals surface area contributed by atoms with Crippen LogP contribution in [0.3, 0.4) is 0 Å². The first-order chi connectivity index (χ1) is 12.5. The van der Waals surface area contributed by atoms with E-state index in [2.05, 4.69) is 49.2 Å². The molecule has 0 unspecified atom stereocenters. The highest BCUT2D eigenvalue weighted by atomic mass is 127. The minimum absolute atomic E-state index is 0.165. The first-order valence-corrected chi connectivity index (χ1v) is 9.63. The molecule has 0 aromatic heterocycles. The lowest BCUT2D eigenvalue weighted by atomic mass is 10.2. The molecule has 2 N–H and O–H groups in total. The van der Waals surface area contributed by atoms with Crippen molar-refractivity contribution in [3.63, 3.8) is 0 Å². The zero-order chi connectivity index (χ0) is 18.5. The molecule has 130 valence electrons. The van der Waals surface area contributed by atoms with E-state index in [0.29, 0.717) is 22.5 Å². The van der Waals surface area contributed by atoms with Crippen LogP contribution in [0.2, 0.25) is 0 Å². The predicted molar refractivity (Wildman–Crippen MR) is 116 cm³/mol. The third-order valence-corrected chi connectivity index (χ3v) is 5.09. The summed E-state index contributed by atoms with van der Waals surface area (Å²) >= 11 is 5.48. The maximum absolute atomic E-state index is 12.3. The number of carbonyl (C=O) groups is 2. The molecule has 0 aliphatic heterocycles. The van der Waals surface area contributed by atoms with Gasteiger partial charge < -0.3 is 10.6 Å². The van der Waals surface area contributed by atoms with Crippen molar-refractivity contribution in [2.45, 2.75) is 0 Å². The Morgan fingerprint density at radius 3 is 1.85 bits per heavy atom. The second-order valence-corrected chi connectivity index (χ2v) is 7.55. The molecule has 6 heteroatoms. The summed E-state index contributed by atoms with van der Waals surface area (Å²) in [6, 6.07) is 21.5. The van der Waals surface area contributed by atoms with Crippen LogP contribution >= 0.6 is 38.5 Å². The molecule has 0 saturated heterocycles. The molecule has 2 amide bonds. The number of carbonyl (C=O) groups excluding carboxylic acids is 2. The molecule has 0 spiro atoms. The second-order valence-electron chi connectivity index (χ2n) is 5.47. The minimum Gasteiger partial charge on any atom is -0.322 e. The molecule has 3 rings (SSSR count). The molecule has 0 radical (unpaired) electrons. The molecule has 0 fully saturated rings. The van der Waals surface area contributed by atoms with Crippen molar-refractivity contribution in [1.82, 2.24) is 0 Å². The Bertz CT molecular complexity index is 941. The van der Waals surface area contributed by atoms with Crippen LogP contribution in [0.5, 0.6) is 0 Å². The van der Waals surface area contributed by atoms with E-state index >= 15 is 0 Å². The zero-order valence-corrected chi connectivity index (χ0v) is 17.2. The van der Waals surface area contributed by atoms with Crippen molar-refractivity contribution in [1.29, 1.82) is 0 Å². The average molecular weight is 521 g/mol. The van der Waals surface area contributed by atoms with E-state index in [1.54, 1.807) is 42.5 Å². The fraction of sp³-hybridized carbons (Fsp3) is 0. The Kier molecular flexibility index (Phi) is 6.05. The van der Waals surface area contributed by atoms with Crippen LogP contribution in [-0.2, 0) is 0 Å². The van der Waals surface area contributed by atoms with E-state index in [0.717, 1.165) is 8.04 Å². The summed E-state index contributed by atoms with van der Waals surface area (Å²) in [6.45, 7) is 0. The molecule has 0 heterocycles. The van der Waals surface area contributed by atoms with Gasteiger partial charge in [0.25, 0.3) is 11.8 Å². The van der Waals surface area contributed by atoms with Crippen molar-refractivity contribution >= 4 is 61.7 Å². The maximum Gasteiger partial charge on any atom is 0.256 e. The fourth-order valence-corrected chi connectivity index (χ4v) is 3.18. The summed E-state index contributed by atoms with van der Waals surface area (Å²) < 4.78 is 1.81. The smallest absolute Gasteiger partial charge is 0.256 e. The van der Waals surface area contributed by atoms with Gasteiger partial charge in [0.1, 0.15) is 0 Å². The Labute approximate surface area is 173 Å². The van der Waals surface area contributed by atoms with Gasteiger partial charge in [-0.2, -0.15) is 0 Å². The molecule has 26 heavy (non-hydrogen) atoms. The number of halogens is 2. The van der Waals surface area contributed by atoms with Gasteiger partial charge in [0.05, 0.1) is 5.56 Å². The predicted octanol–water partition coefficient (Wildman–Crippen LogP) is 5.56. The highest BCUT2D eigenvalue weighted by Crippen LogP contribution is 2.18. The zero-order valence-electron chi connectivity index (χ0n) is 13.5. The SMILES string of the molecule is O=C(Nc1ccc(NC(=O)c2ccccc2I)cc1)c1ccc(Br)cc1. The molecule has 3 aromatic carbocycles. The maximum atomic E-state index is 12.3. The van der Waals surface area contributed by atoms with Gasteiger partial charge in [-0.3, -0.25) is 9.59 Å². The minimum atomic E-state index is -0.187. The van der Waals surface area contributed by atoms with E-state index < -0.39 is 0 Å². The van der Waals surface area contributed by atoms with Crippen LogP contribution < -0.4 is 10.6 Å². The van der Waals surface area contributed by atoms with Crippen LogP contribution in [0.4, 0.5) is 11.4 Å². The Morgan fingerprint density at radius 2 is 1.27 bits per heavy atom. The van der Waals surface area contributed by atoms with E-state index in [9.17, 15) is 9.59 Å². The molecule has 0 atom stereocenters. The van der Waals surface area contributed by atoms with Gasteiger partial charge in [-0.1, -0.05) is 28.1 Å². The van der Waals surface area contributed by atoms with Crippen molar-refractivity contribution in [2.24, 2.45) is 0 Å². The van der Waals surface area contributed by atoms with Gasteiger partial charge >= 0.3 is 0 Å². The molecule has 4 nitrogen and oxygen atoms in total. The van der Waals surface area contributed by atoms with Crippen LogP contribution in [0.1, 0.15) is 20.7 Å². The standard InChI is InChI=1S/C20H14BrIN2O2/c21-14-7-5-13(6-8-14)19(25)23-15-9-11-16(12-10-15)24-20(26)17-3-1-2-4-18(17)22/h1-12H,(H,23,25)(H,24,26). The van der Waals surface area contributed by atoms with Gasteiger partial charge in [-0.05, 0) is 83.3 Å². The number of nitrogens with one attached hydrogen (secondary N) is 2. The van der Waals surface area contributed by atoms with Gasteiger partial charge in [0.15, 0.2) is 0 Å². The number of benzene rings is 3. The second kappa shape index (κ2) is 8.46. The Hall–Kier alpha value is -2.19. The molecular weight excluding hydrogens is 507 g/mol. The van der Waals surface area contributed by atoms with E-state index in [1.807, 2.05) is 30.3 Å². The lowest BCUT2D eigenvalue weighted by Gasteiger charge is -2.09. The highest BCUT2D eigenvalue weighted by Gasteiger charge is 2.10. The summed E-state index contributed by atoms with van der Waals surface area (Å²) in [7, 11) is 0.